The summed E-state index contributed by atoms with van der Waals surface area (Å²) in [5.74, 6) is 0. The van der Waals surface area contributed by atoms with Crippen molar-refractivity contribution in [3.63, 3.8) is 0 Å². The number of pyridine rings is 1. The van der Waals surface area contributed by atoms with Crippen LogP contribution in [0.2, 0.25) is 0 Å². The highest BCUT2D eigenvalue weighted by atomic mass is 14.7. The molecule has 2 N–H and O–H groups in total. The fraction of sp³-hybridized carbons (Fsp3) is 0.267. The molecule has 1 heterocycles. The maximum atomic E-state index is 6.18. The number of aryl methyl sites for hydroxylation is 2. The normalized spacial score (nSPS) is 12.4. The minimum atomic E-state index is 0.0193. The van der Waals surface area contributed by atoms with Gasteiger partial charge >= 0.3 is 0 Å². The summed E-state index contributed by atoms with van der Waals surface area (Å²) in [6.07, 6.45) is 4.46. The molecular weight excluding hydrogens is 208 g/mol. The van der Waals surface area contributed by atoms with E-state index in [1.54, 1.807) is 6.20 Å². The molecule has 0 spiro atoms. The summed E-state index contributed by atoms with van der Waals surface area (Å²) >= 11 is 0. The zero-order valence-electron chi connectivity index (χ0n) is 10.4. The van der Waals surface area contributed by atoms with E-state index in [4.69, 9.17) is 5.73 Å². The van der Waals surface area contributed by atoms with Gasteiger partial charge in [0, 0.05) is 18.4 Å². The number of hydrogen-bond donors (Lipinski definition) is 1. The Morgan fingerprint density at radius 3 is 2.65 bits per heavy atom. The van der Waals surface area contributed by atoms with Crippen LogP contribution in [0.25, 0.3) is 0 Å². The molecule has 88 valence electrons. The van der Waals surface area contributed by atoms with Crippen molar-refractivity contribution < 1.29 is 0 Å². The van der Waals surface area contributed by atoms with Crippen LogP contribution in [-0.4, -0.2) is 4.98 Å². The van der Waals surface area contributed by atoms with Gasteiger partial charge in [0.25, 0.3) is 0 Å². The van der Waals surface area contributed by atoms with Gasteiger partial charge in [0.05, 0.1) is 0 Å². The molecule has 0 bridgehead atoms. The molecule has 2 heteroatoms. The largest absolute Gasteiger partial charge is 0.324 e. The van der Waals surface area contributed by atoms with E-state index in [1.165, 1.54) is 16.7 Å². The Labute approximate surface area is 103 Å². The smallest absolute Gasteiger partial charge is 0.0351 e. The Hall–Kier alpha value is -1.67. The van der Waals surface area contributed by atoms with Gasteiger partial charge in [0.2, 0.25) is 0 Å². The van der Waals surface area contributed by atoms with Crippen LogP contribution in [0.5, 0.6) is 0 Å². The molecule has 2 nitrogen and oxygen atoms in total. The predicted molar refractivity (Wildman–Crippen MR) is 70.8 cm³/mol. The molecule has 1 atom stereocenters. The molecule has 17 heavy (non-hydrogen) atoms. The van der Waals surface area contributed by atoms with Gasteiger partial charge in [-0.25, -0.2) is 0 Å². The van der Waals surface area contributed by atoms with Crippen molar-refractivity contribution in [3.05, 3.63) is 65.0 Å². The number of nitrogens with two attached hydrogens (primary N) is 1. The lowest BCUT2D eigenvalue weighted by atomic mass is 9.98. The Bertz CT molecular complexity index is 492. The maximum Gasteiger partial charge on any atom is 0.0351 e. The molecule has 0 aliphatic rings. The second-order valence-electron chi connectivity index (χ2n) is 4.52. The topological polar surface area (TPSA) is 38.9 Å². The zero-order valence-corrected chi connectivity index (χ0v) is 10.4. The van der Waals surface area contributed by atoms with Crippen LogP contribution in [0.4, 0.5) is 0 Å². The fourth-order valence-electron chi connectivity index (χ4n) is 1.90. The lowest BCUT2D eigenvalue weighted by Gasteiger charge is -2.12. The number of aromatic nitrogens is 1. The number of hydrogen-bond acceptors (Lipinski definition) is 2. The van der Waals surface area contributed by atoms with E-state index in [0.29, 0.717) is 0 Å². The van der Waals surface area contributed by atoms with Crippen LogP contribution < -0.4 is 5.73 Å². The number of rotatable bonds is 3. The van der Waals surface area contributed by atoms with Crippen molar-refractivity contribution in [1.82, 2.24) is 4.98 Å². The highest BCUT2D eigenvalue weighted by Gasteiger charge is 2.07. The summed E-state index contributed by atoms with van der Waals surface area (Å²) in [6.45, 7) is 4.26. The molecule has 0 aliphatic carbocycles. The third-order valence-electron chi connectivity index (χ3n) is 3.14. The molecule has 0 amide bonds. The second kappa shape index (κ2) is 5.11. The van der Waals surface area contributed by atoms with Gasteiger partial charge in [0.1, 0.15) is 0 Å². The van der Waals surface area contributed by atoms with Crippen LogP contribution >= 0.6 is 0 Å². The second-order valence-corrected chi connectivity index (χ2v) is 4.52. The highest BCUT2D eigenvalue weighted by molar-refractivity contribution is 5.31. The summed E-state index contributed by atoms with van der Waals surface area (Å²) in [4.78, 5) is 4.10. The SMILES string of the molecule is Cc1ccc(CC(N)c2cccnc2)cc1C. The lowest BCUT2D eigenvalue weighted by Crippen LogP contribution is -2.13. The van der Waals surface area contributed by atoms with E-state index >= 15 is 0 Å². The number of nitrogens with zero attached hydrogens (tertiary/aromatic N) is 1. The first-order valence-electron chi connectivity index (χ1n) is 5.88. The Morgan fingerprint density at radius 1 is 1.18 bits per heavy atom. The van der Waals surface area contributed by atoms with Crippen molar-refractivity contribution >= 4 is 0 Å². The van der Waals surface area contributed by atoms with Crippen molar-refractivity contribution in [2.24, 2.45) is 5.73 Å². The summed E-state index contributed by atoms with van der Waals surface area (Å²) in [5.41, 5.74) is 11.2. The minimum absolute atomic E-state index is 0.0193. The van der Waals surface area contributed by atoms with E-state index < -0.39 is 0 Å². The van der Waals surface area contributed by atoms with Crippen LogP contribution in [0.1, 0.15) is 28.3 Å². The first-order valence-corrected chi connectivity index (χ1v) is 5.88. The van der Waals surface area contributed by atoms with Gasteiger partial charge in [-0.2, -0.15) is 0 Å². The van der Waals surface area contributed by atoms with Crippen molar-refractivity contribution in [3.8, 4) is 0 Å². The molecule has 0 aliphatic heterocycles. The molecule has 2 rings (SSSR count). The summed E-state index contributed by atoms with van der Waals surface area (Å²) < 4.78 is 0. The average Bonchev–Trinajstić information content (AvgIpc) is 2.35. The summed E-state index contributed by atoms with van der Waals surface area (Å²) in [5, 5.41) is 0. The Kier molecular flexibility index (Phi) is 3.55. The average molecular weight is 226 g/mol. The third-order valence-corrected chi connectivity index (χ3v) is 3.14. The van der Waals surface area contributed by atoms with E-state index in [0.717, 1.165) is 12.0 Å². The third kappa shape index (κ3) is 2.92. The zero-order chi connectivity index (χ0) is 12.3. The van der Waals surface area contributed by atoms with Crippen molar-refractivity contribution in [2.75, 3.05) is 0 Å². The first kappa shape index (κ1) is 11.8. The van der Waals surface area contributed by atoms with E-state index in [9.17, 15) is 0 Å². The van der Waals surface area contributed by atoms with Crippen molar-refractivity contribution in [1.29, 1.82) is 0 Å². The van der Waals surface area contributed by atoms with Gasteiger partial charge in [-0.3, -0.25) is 4.98 Å². The maximum absolute atomic E-state index is 6.18. The monoisotopic (exact) mass is 226 g/mol. The predicted octanol–water partition coefficient (Wildman–Crippen LogP) is 2.94. The van der Waals surface area contributed by atoms with E-state index in [-0.39, 0.29) is 6.04 Å². The van der Waals surface area contributed by atoms with Gasteiger partial charge in [-0.15, -0.1) is 0 Å². The quantitative estimate of drug-likeness (QED) is 0.874. The van der Waals surface area contributed by atoms with E-state index in [1.807, 2.05) is 18.3 Å². The van der Waals surface area contributed by atoms with Gasteiger partial charge in [0.15, 0.2) is 0 Å². The molecule has 0 fully saturated rings. The Morgan fingerprint density at radius 2 is 2.00 bits per heavy atom. The van der Waals surface area contributed by atoms with E-state index in [2.05, 4.69) is 37.0 Å². The van der Waals surface area contributed by atoms with Crippen molar-refractivity contribution in [2.45, 2.75) is 26.3 Å². The lowest BCUT2D eigenvalue weighted by molar-refractivity contribution is 0.717. The van der Waals surface area contributed by atoms with Gasteiger partial charge in [-0.1, -0.05) is 24.3 Å². The van der Waals surface area contributed by atoms with Crippen LogP contribution in [0, 0.1) is 13.8 Å². The van der Waals surface area contributed by atoms with Gasteiger partial charge < -0.3 is 5.73 Å². The summed E-state index contributed by atoms with van der Waals surface area (Å²) in [6, 6.07) is 10.5. The molecule has 2 aromatic rings. The molecule has 1 aromatic heterocycles. The first-order chi connectivity index (χ1) is 8.16. The fourth-order valence-corrected chi connectivity index (χ4v) is 1.90. The minimum Gasteiger partial charge on any atom is -0.324 e. The Balaban J connectivity index is 2.13. The molecular formula is C15H18N2. The summed E-state index contributed by atoms with van der Waals surface area (Å²) in [7, 11) is 0. The molecule has 1 aromatic carbocycles. The molecule has 0 saturated carbocycles. The highest BCUT2D eigenvalue weighted by Crippen LogP contribution is 2.17. The molecule has 0 saturated heterocycles. The molecule has 1 unspecified atom stereocenters. The number of benzene rings is 1. The van der Waals surface area contributed by atoms with Crippen LogP contribution in [0.3, 0.4) is 0 Å². The standard InChI is InChI=1S/C15H18N2/c1-11-5-6-13(8-12(11)2)9-15(16)14-4-3-7-17-10-14/h3-8,10,15H,9,16H2,1-2H3. The van der Waals surface area contributed by atoms with Crippen LogP contribution in [0.15, 0.2) is 42.7 Å². The molecule has 0 radical (unpaired) electrons. The van der Waals surface area contributed by atoms with Gasteiger partial charge in [-0.05, 0) is 48.6 Å². The van der Waals surface area contributed by atoms with Crippen LogP contribution in [-0.2, 0) is 6.42 Å².